The van der Waals surface area contributed by atoms with E-state index in [1.54, 1.807) is 36.7 Å². The average molecular weight is 370 g/mol. The first-order valence-corrected chi connectivity index (χ1v) is 8.48. The van der Waals surface area contributed by atoms with E-state index in [1.165, 1.54) is 28.8 Å². The largest absolute Gasteiger partial charge is 0.269 e. The number of fused-ring (bicyclic) bond motifs is 1. The highest BCUT2D eigenvalue weighted by Gasteiger charge is 2.12. The van der Waals surface area contributed by atoms with Crippen molar-refractivity contribution < 1.29 is 4.92 Å². The fourth-order valence-electron chi connectivity index (χ4n) is 2.88. The van der Waals surface area contributed by atoms with Crippen molar-refractivity contribution in [2.24, 2.45) is 0 Å². The highest BCUT2D eigenvalue weighted by Crippen LogP contribution is 2.18. The molecule has 0 N–H and O–H groups in total. The third kappa shape index (κ3) is 3.28. The van der Waals surface area contributed by atoms with E-state index in [-0.39, 0.29) is 11.2 Å². The monoisotopic (exact) mass is 370 g/mol. The second kappa shape index (κ2) is 7.24. The molecule has 7 nitrogen and oxygen atoms in total. The van der Waals surface area contributed by atoms with Gasteiger partial charge in [0.2, 0.25) is 0 Å². The summed E-state index contributed by atoms with van der Waals surface area (Å²) < 4.78 is 1.44. The third-order valence-corrected chi connectivity index (χ3v) is 4.23. The summed E-state index contributed by atoms with van der Waals surface area (Å²) in [7, 11) is 0. The van der Waals surface area contributed by atoms with Gasteiger partial charge in [-0.15, -0.1) is 0 Å². The van der Waals surface area contributed by atoms with Crippen LogP contribution in [0.2, 0.25) is 0 Å². The van der Waals surface area contributed by atoms with E-state index in [4.69, 9.17) is 0 Å². The van der Waals surface area contributed by atoms with Gasteiger partial charge < -0.3 is 0 Å². The lowest BCUT2D eigenvalue weighted by Crippen LogP contribution is -2.22. The Morgan fingerprint density at radius 1 is 0.964 bits per heavy atom. The molecular formula is C21H14N4O3. The van der Waals surface area contributed by atoms with E-state index in [1.807, 2.05) is 24.3 Å². The Hall–Kier alpha value is -4.13. The lowest BCUT2D eigenvalue weighted by atomic mass is 10.2. The Bertz CT molecular complexity index is 1250. The van der Waals surface area contributed by atoms with Gasteiger partial charge in [-0.1, -0.05) is 18.2 Å². The Labute approximate surface area is 159 Å². The van der Waals surface area contributed by atoms with Crippen molar-refractivity contribution in [3.63, 3.8) is 0 Å². The van der Waals surface area contributed by atoms with Gasteiger partial charge in [-0.05, 0) is 48.0 Å². The van der Waals surface area contributed by atoms with Gasteiger partial charge >= 0.3 is 0 Å². The van der Waals surface area contributed by atoms with Gasteiger partial charge in [-0.3, -0.25) is 24.5 Å². The molecule has 4 aromatic rings. The van der Waals surface area contributed by atoms with Crippen LogP contribution in [0.5, 0.6) is 0 Å². The molecule has 136 valence electrons. The van der Waals surface area contributed by atoms with Gasteiger partial charge in [0.1, 0.15) is 5.82 Å². The van der Waals surface area contributed by atoms with Gasteiger partial charge in [0, 0.05) is 24.5 Å². The molecule has 2 heterocycles. The van der Waals surface area contributed by atoms with E-state index in [2.05, 4.69) is 9.97 Å². The average Bonchev–Trinajstić information content (AvgIpc) is 2.73. The summed E-state index contributed by atoms with van der Waals surface area (Å²) in [6.07, 6.45) is 6.92. The predicted molar refractivity (Wildman–Crippen MR) is 107 cm³/mol. The van der Waals surface area contributed by atoms with Crippen molar-refractivity contribution in [1.82, 2.24) is 14.5 Å². The number of para-hydroxylation sites is 1. The molecule has 0 saturated carbocycles. The van der Waals surface area contributed by atoms with Crippen LogP contribution < -0.4 is 5.56 Å². The van der Waals surface area contributed by atoms with Crippen LogP contribution >= 0.6 is 0 Å². The predicted octanol–water partition coefficient (Wildman–Crippen LogP) is 3.86. The third-order valence-electron chi connectivity index (χ3n) is 4.23. The number of hydrogen-bond acceptors (Lipinski definition) is 5. The molecule has 0 aliphatic rings. The second-order valence-corrected chi connectivity index (χ2v) is 6.02. The van der Waals surface area contributed by atoms with Crippen LogP contribution in [-0.4, -0.2) is 19.5 Å². The van der Waals surface area contributed by atoms with Crippen LogP contribution in [0.4, 0.5) is 5.69 Å². The topological polar surface area (TPSA) is 90.9 Å². The lowest BCUT2D eigenvalue weighted by Gasteiger charge is -2.11. The number of nitrogens with zero attached hydrogens (tertiary/aromatic N) is 4. The normalized spacial score (nSPS) is 11.1. The van der Waals surface area contributed by atoms with E-state index in [0.29, 0.717) is 22.4 Å². The summed E-state index contributed by atoms with van der Waals surface area (Å²) in [5.41, 5.74) is 1.65. The first-order valence-electron chi connectivity index (χ1n) is 8.48. The zero-order valence-electron chi connectivity index (χ0n) is 14.6. The zero-order chi connectivity index (χ0) is 19.5. The number of aromatic nitrogens is 3. The van der Waals surface area contributed by atoms with Crippen molar-refractivity contribution >= 4 is 28.7 Å². The van der Waals surface area contributed by atoms with E-state index in [0.717, 1.165) is 5.56 Å². The molecule has 2 aromatic heterocycles. The van der Waals surface area contributed by atoms with Crippen molar-refractivity contribution in [2.75, 3.05) is 0 Å². The van der Waals surface area contributed by atoms with Crippen LogP contribution in [-0.2, 0) is 0 Å². The number of rotatable bonds is 4. The van der Waals surface area contributed by atoms with Gasteiger partial charge in [0.15, 0.2) is 0 Å². The molecule has 0 atom stereocenters. The molecule has 0 radical (unpaired) electrons. The van der Waals surface area contributed by atoms with E-state index >= 15 is 0 Å². The fourth-order valence-corrected chi connectivity index (χ4v) is 2.88. The minimum Gasteiger partial charge on any atom is -0.268 e. The Kier molecular flexibility index (Phi) is 4.47. The quantitative estimate of drug-likeness (QED) is 0.402. The van der Waals surface area contributed by atoms with Gasteiger partial charge in [-0.2, -0.15) is 0 Å². The molecule has 0 fully saturated rings. The SMILES string of the molecule is O=c1c2ccccc2nc(/C=C\c2cccnc2)n1-c1ccc([N+](=O)[O-])cc1. The first kappa shape index (κ1) is 17.3. The maximum atomic E-state index is 13.1. The van der Waals surface area contributed by atoms with Gasteiger partial charge in [0.25, 0.3) is 11.2 Å². The fraction of sp³-hybridized carbons (Fsp3) is 0. The molecular weight excluding hydrogens is 356 g/mol. The summed E-state index contributed by atoms with van der Waals surface area (Å²) >= 11 is 0. The first-order chi connectivity index (χ1) is 13.6. The minimum absolute atomic E-state index is 0.0435. The lowest BCUT2D eigenvalue weighted by molar-refractivity contribution is -0.384. The smallest absolute Gasteiger partial charge is 0.268 e. The van der Waals surface area contributed by atoms with Crippen molar-refractivity contribution in [2.45, 2.75) is 0 Å². The molecule has 7 heteroatoms. The second-order valence-electron chi connectivity index (χ2n) is 6.02. The van der Waals surface area contributed by atoms with Crippen LogP contribution in [0.15, 0.2) is 77.9 Å². The standard InChI is InChI=1S/C21H14N4O3/c26-21-18-5-1-2-6-19(18)23-20(12-7-15-4-3-13-22-14-15)24(21)16-8-10-17(11-9-16)25(27)28/h1-14H/b12-7-. The Morgan fingerprint density at radius 2 is 1.75 bits per heavy atom. The van der Waals surface area contributed by atoms with Crippen molar-refractivity contribution in [3.8, 4) is 5.69 Å². The molecule has 28 heavy (non-hydrogen) atoms. The number of nitro groups is 1. The number of benzene rings is 2. The number of pyridine rings is 1. The van der Waals surface area contributed by atoms with Crippen LogP contribution in [0.25, 0.3) is 28.7 Å². The van der Waals surface area contributed by atoms with E-state index < -0.39 is 4.92 Å². The molecule has 0 bridgehead atoms. The summed E-state index contributed by atoms with van der Waals surface area (Å²) in [5, 5.41) is 11.4. The van der Waals surface area contributed by atoms with Crippen molar-refractivity contribution in [1.29, 1.82) is 0 Å². The summed E-state index contributed by atoms with van der Waals surface area (Å²) in [6.45, 7) is 0. The highest BCUT2D eigenvalue weighted by molar-refractivity contribution is 5.80. The summed E-state index contributed by atoms with van der Waals surface area (Å²) in [6, 6.07) is 16.6. The summed E-state index contributed by atoms with van der Waals surface area (Å²) in [4.78, 5) is 32.2. The number of nitro benzene ring substituents is 1. The van der Waals surface area contributed by atoms with Crippen molar-refractivity contribution in [3.05, 3.63) is 105 Å². The molecule has 0 aliphatic carbocycles. The Morgan fingerprint density at radius 3 is 2.46 bits per heavy atom. The van der Waals surface area contributed by atoms with Crippen LogP contribution in [0.3, 0.4) is 0 Å². The van der Waals surface area contributed by atoms with Crippen LogP contribution in [0.1, 0.15) is 11.4 Å². The Balaban J connectivity index is 1.92. The van der Waals surface area contributed by atoms with E-state index in [9.17, 15) is 14.9 Å². The molecule has 4 rings (SSSR count). The molecule has 2 aromatic carbocycles. The maximum Gasteiger partial charge on any atom is 0.269 e. The summed E-state index contributed by atoms with van der Waals surface area (Å²) in [5.74, 6) is 0.418. The molecule has 0 unspecified atom stereocenters. The molecule has 0 amide bonds. The molecule has 0 saturated heterocycles. The zero-order valence-corrected chi connectivity index (χ0v) is 14.6. The van der Waals surface area contributed by atoms with Gasteiger partial charge in [-0.25, -0.2) is 4.98 Å². The molecule has 0 spiro atoms. The molecule has 0 aliphatic heterocycles. The highest BCUT2D eigenvalue weighted by atomic mass is 16.6. The number of hydrogen-bond donors (Lipinski definition) is 0. The number of non-ortho nitro benzene ring substituents is 1. The maximum absolute atomic E-state index is 13.1. The van der Waals surface area contributed by atoms with Gasteiger partial charge in [0.05, 0.1) is 21.5 Å². The minimum atomic E-state index is -0.478. The van der Waals surface area contributed by atoms with Crippen LogP contribution in [0, 0.1) is 10.1 Å².